The predicted molar refractivity (Wildman–Crippen MR) is 81.3 cm³/mol. The average Bonchev–Trinajstić information content (AvgIpc) is 3.09. The van der Waals surface area contributed by atoms with Gasteiger partial charge in [-0.2, -0.15) is 0 Å². The standard InChI is InChI=1S/C14H18N4O3S/c1-18-7-9(14(17-18)20-2)13(19)15-5-3-12-16-10-4-6-21-8-11(10)22-12/h7H,3-6,8H2,1-2H3,(H,15,19). The van der Waals surface area contributed by atoms with E-state index >= 15 is 0 Å². The van der Waals surface area contributed by atoms with Crippen molar-refractivity contribution in [3.8, 4) is 5.88 Å². The first-order valence-corrected chi connectivity index (χ1v) is 7.90. The number of ether oxygens (including phenoxy) is 2. The van der Waals surface area contributed by atoms with Crippen LogP contribution in [0.4, 0.5) is 0 Å². The molecule has 1 aliphatic heterocycles. The van der Waals surface area contributed by atoms with Gasteiger partial charge >= 0.3 is 0 Å². The van der Waals surface area contributed by atoms with E-state index in [1.807, 2.05) is 0 Å². The zero-order valence-corrected chi connectivity index (χ0v) is 13.4. The topological polar surface area (TPSA) is 78.3 Å². The number of hydrogen-bond acceptors (Lipinski definition) is 6. The second-order valence-electron chi connectivity index (χ2n) is 5.01. The van der Waals surface area contributed by atoms with Crippen LogP contribution in [0.2, 0.25) is 0 Å². The molecule has 3 rings (SSSR count). The second kappa shape index (κ2) is 6.45. The van der Waals surface area contributed by atoms with E-state index in [0.717, 1.165) is 23.7 Å². The maximum Gasteiger partial charge on any atom is 0.258 e. The predicted octanol–water partition coefficient (Wildman–Crippen LogP) is 0.930. The van der Waals surface area contributed by atoms with E-state index in [0.29, 0.717) is 31.0 Å². The molecule has 0 spiro atoms. The minimum Gasteiger partial charge on any atom is -0.479 e. The quantitative estimate of drug-likeness (QED) is 0.886. The summed E-state index contributed by atoms with van der Waals surface area (Å²) in [4.78, 5) is 18.0. The van der Waals surface area contributed by atoms with Gasteiger partial charge in [0, 0.05) is 32.6 Å². The van der Waals surface area contributed by atoms with Crippen LogP contribution in [0.1, 0.15) is 25.9 Å². The highest BCUT2D eigenvalue weighted by atomic mass is 32.1. The van der Waals surface area contributed by atoms with E-state index in [4.69, 9.17) is 9.47 Å². The van der Waals surface area contributed by atoms with E-state index in [2.05, 4.69) is 15.4 Å². The van der Waals surface area contributed by atoms with Crippen molar-refractivity contribution in [2.45, 2.75) is 19.4 Å². The maximum atomic E-state index is 12.1. The zero-order chi connectivity index (χ0) is 15.5. The lowest BCUT2D eigenvalue weighted by Crippen LogP contribution is -2.25. The molecule has 0 fully saturated rings. The number of nitrogens with one attached hydrogen (secondary N) is 1. The lowest BCUT2D eigenvalue weighted by molar-refractivity contribution is 0.0951. The number of aryl methyl sites for hydroxylation is 1. The number of rotatable bonds is 5. The Labute approximate surface area is 132 Å². The van der Waals surface area contributed by atoms with Crippen LogP contribution in [0.5, 0.6) is 5.88 Å². The summed E-state index contributed by atoms with van der Waals surface area (Å²) >= 11 is 1.67. The molecule has 1 N–H and O–H groups in total. The van der Waals surface area contributed by atoms with E-state index in [-0.39, 0.29) is 5.91 Å². The molecule has 3 heterocycles. The maximum absolute atomic E-state index is 12.1. The Morgan fingerprint density at radius 3 is 3.23 bits per heavy atom. The number of carbonyl (C=O) groups excluding carboxylic acids is 1. The lowest BCUT2D eigenvalue weighted by atomic mass is 10.2. The van der Waals surface area contributed by atoms with Gasteiger partial charge in [0.05, 0.1) is 35.9 Å². The average molecular weight is 322 g/mol. The summed E-state index contributed by atoms with van der Waals surface area (Å²) in [6.07, 6.45) is 3.24. The fourth-order valence-electron chi connectivity index (χ4n) is 2.34. The number of fused-ring (bicyclic) bond motifs is 1. The van der Waals surface area contributed by atoms with Crippen LogP contribution in [0.15, 0.2) is 6.20 Å². The van der Waals surface area contributed by atoms with Crippen LogP contribution in [-0.4, -0.2) is 40.9 Å². The molecular weight excluding hydrogens is 304 g/mol. The fourth-order valence-corrected chi connectivity index (χ4v) is 3.39. The summed E-state index contributed by atoms with van der Waals surface area (Å²) in [7, 11) is 3.25. The highest BCUT2D eigenvalue weighted by molar-refractivity contribution is 7.11. The van der Waals surface area contributed by atoms with E-state index in [1.54, 1.807) is 29.3 Å². The van der Waals surface area contributed by atoms with Gasteiger partial charge in [-0.25, -0.2) is 4.98 Å². The van der Waals surface area contributed by atoms with E-state index in [1.165, 1.54) is 12.0 Å². The molecular formula is C14H18N4O3S. The summed E-state index contributed by atoms with van der Waals surface area (Å²) in [6, 6.07) is 0. The summed E-state index contributed by atoms with van der Waals surface area (Å²) < 4.78 is 12.1. The van der Waals surface area contributed by atoms with Crippen molar-refractivity contribution < 1.29 is 14.3 Å². The van der Waals surface area contributed by atoms with Gasteiger partial charge in [0.25, 0.3) is 5.91 Å². The molecule has 0 atom stereocenters. The molecule has 0 aliphatic carbocycles. The monoisotopic (exact) mass is 322 g/mol. The van der Waals surface area contributed by atoms with Crippen molar-refractivity contribution in [3.05, 3.63) is 27.3 Å². The van der Waals surface area contributed by atoms with Gasteiger partial charge in [-0.3, -0.25) is 9.48 Å². The smallest absolute Gasteiger partial charge is 0.258 e. The molecule has 0 saturated heterocycles. The van der Waals surface area contributed by atoms with Gasteiger partial charge in [0.1, 0.15) is 5.56 Å². The molecule has 0 unspecified atom stereocenters. The zero-order valence-electron chi connectivity index (χ0n) is 12.6. The highest BCUT2D eigenvalue weighted by Gasteiger charge is 2.17. The molecule has 0 aromatic carbocycles. The number of carbonyl (C=O) groups is 1. The van der Waals surface area contributed by atoms with Crippen molar-refractivity contribution in [2.75, 3.05) is 20.3 Å². The van der Waals surface area contributed by atoms with Crippen molar-refractivity contribution in [3.63, 3.8) is 0 Å². The summed E-state index contributed by atoms with van der Waals surface area (Å²) in [6.45, 7) is 1.93. The summed E-state index contributed by atoms with van der Waals surface area (Å²) in [5.41, 5.74) is 1.59. The molecule has 2 aromatic heterocycles. The normalized spacial score (nSPS) is 13.7. The van der Waals surface area contributed by atoms with Gasteiger partial charge < -0.3 is 14.8 Å². The molecule has 22 heavy (non-hydrogen) atoms. The van der Waals surface area contributed by atoms with Crippen molar-refractivity contribution in [2.24, 2.45) is 7.05 Å². The first-order valence-electron chi connectivity index (χ1n) is 7.08. The second-order valence-corrected chi connectivity index (χ2v) is 6.18. The Morgan fingerprint density at radius 2 is 2.45 bits per heavy atom. The summed E-state index contributed by atoms with van der Waals surface area (Å²) in [5, 5.41) is 7.98. The number of thiazole rings is 1. The molecule has 0 radical (unpaired) electrons. The molecule has 1 amide bonds. The Bertz CT molecular complexity index is 656. The third-order valence-electron chi connectivity index (χ3n) is 3.40. The van der Waals surface area contributed by atoms with Crippen molar-refractivity contribution >= 4 is 17.2 Å². The molecule has 0 bridgehead atoms. The summed E-state index contributed by atoms with van der Waals surface area (Å²) in [5.74, 6) is 0.150. The van der Waals surface area contributed by atoms with E-state index < -0.39 is 0 Å². The lowest BCUT2D eigenvalue weighted by Gasteiger charge is -2.08. The van der Waals surface area contributed by atoms with Gasteiger partial charge in [-0.1, -0.05) is 0 Å². The molecule has 1 aliphatic rings. The Morgan fingerprint density at radius 1 is 1.59 bits per heavy atom. The molecule has 0 saturated carbocycles. The van der Waals surface area contributed by atoms with Gasteiger partial charge in [-0.05, 0) is 0 Å². The minimum absolute atomic E-state index is 0.186. The van der Waals surface area contributed by atoms with Crippen molar-refractivity contribution in [1.29, 1.82) is 0 Å². The van der Waals surface area contributed by atoms with Gasteiger partial charge in [0.15, 0.2) is 0 Å². The van der Waals surface area contributed by atoms with Gasteiger partial charge in [0.2, 0.25) is 5.88 Å². The van der Waals surface area contributed by atoms with Crippen LogP contribution in [0.25, 0.3) is 0 Å². The number of methoxy groups -OCH3 is 1. The third kappa shape index (κ3) is 3.12. The number of aromatic nitrogens is 3. The van der Waals surface area contributed by atoms with Crippen LogP contribution >= 0.6 is 11.3 Å². The first-order chi connectivity index (χ1) is 10.7. The Hall–Kier alpha value is -1.93. The van der Waals surface area contributed by atoms with Crippen molar-refractivity contribution in [1.82, 2.24) is 20.1 Å². The van der Waals surface area contributed by atoms with Crippen LogP contribution in [0, 0.1) is 0 Å². The molecule has 118 valence electrons. The molecule has 8 heteroatoms. The van der Waals surface area contributed by atoms with Crippen LogP contribution in [0.3, 0.4) is 0 Å². The number of amides is 1. The van der Waals surface area contributed by atoms with Crippen LogP contribution < -0.4 is 10.1 Å². The third-order valence-corrected chi connectivity index (χ3v) is 4.53. The Kier molecular flexibility index (Phi) is 4.39. The van der Waals surface area contributed by atoms with E-state index in [9.17, 15) is 4.79 Å². The SMILES string of the molecule is COc1nn(C)cc1C(=O)NCCc1nc2c(s1)COCC2. The van der Waals surface area contributed by atoms with Crippen LogP contribution in [-0.2, 0) is 31.2 Å². The van der Waals surface area contributed by atoms with Gasteiger partial charge in [-0.15, -0.1) is 16.4 Å². The first kappa shape index (κ1) is 15.0. The fraction of sp³-hybridized carbons (Fsp3) is 0.500. The molecule has 2 aromatic rings. The largest absolute Gasteiger partial charge is 0.479 e. The number of hydrogen-bond donors (Lipinski definition) is 1. The number of nitrogens with zero attached hydrogens (tertiary/aromatic N) is 3. The molecule has 7 nitrogen and oxygen atoms in total. The Balaban J connectivity index is 1.56. The highest BCUT2D eigenvalue weighted by Crippen LogP contribution is 2.23. The minimum atomic E-state index is -0.186.